The van der Waals surface area contributed by atoms with Crippen molar-refractivity contribution in [3.8, 4) is 11.5 Å². The van der Waals surface area contributed by atoms with Gasteiger partial charge >= 0.3 is 6.03 Å². The van der Waals surface area contributed by atoms with Crippen LogP contribution in [0, 0.1) is 0 Å². The van der Waals surface area contributed by atoms with Crippen molar-refractivity contribution < 1.29 is 33.6 Å². The van der Waals surface area contributed by atoms with Gasteiger partial charge in [-0.3, -0.25) is 4.79 Å². The Morgan fingerprint density at radius 3 is 2.53 bits per heavy atom. The molecule has 10 heteroatoms. The predicted molar refractivity (Wildman–Crippen MR) is 132 cm³/mol. The van der Waals surface area contributed by atoms with Gasteiger partial charge in [-0.1, -0.05) is 0 Å². The minimum absolute atomic E-state index is 0.0307. The molecule has 0 spiro atoms. The Morgan fingerprint density at radius 1 is 1.08 bits per heavy atom. The summed E-state index contributed by atoms with van der Waals surface area (Å²) < 4.78 is 22.7. The number of urea groups is 1. The van der Waals surface area contributed by atoms with Gasteiger partial charge in [0.1, 0.15) is 23.7 Å². The van der Waals surface area contributed by atoms with E-state index in [4.69, 9.17) is 18.9 Å². The Morgan fingerprint density at radius 2 is 1.81 bits per heavy atom. The van der Waals surface area contributed by atoms with Crippen molar-refractivity contribution in [3.05, 3.63) is 48.0 Å². The highest BCUT2D eigenvalue weighted by atomic mass is 16.6. The number of carbonyl (C=O) groups excluding carboxylic acids is 2. The first-order valence-corrected chi connectivity index (χ1v) is 12.2. The first-order valence-electron chi connectivity index (χ1n) is 12.2. The second-order valence-electron chi connectivity index (χ2n) is 9.16. The predicted octanol–water partition coefficient (Wildman–Crippen LogP) is 2.58. The number of anilines is 2. The number of rotatable bonds is 6. The fraction of sp³-hybridized carbons (Fsp3) is 0.462. The van der Waals surface area contributed by atoms with Gasteiger partial charge in [0.25, 0.3) is 0 Å². The van der Waals surface area contributed by atoms with Gasteiger partial charge in [0, 0.05) is 35.9 Å². The molecule has 0 aliphatic carbocycles. The molecule has 3 aliphatic heterocycles. The number of ether oxygens (including phenoxy) is 4. The molecule has 192 valence electrons. The molecule has 0 saturated carbocycles. The first-order chi connectivity index (χ1) is 17.5. The van der Waals surface area contributed by atoms with Crippen molar-refractivity contribution in [3.63, 3.8) is 0 Å². The van der Waals surface area contributed by atoms with Gasteiger partial charge in [-0.15, -0.1) is 0 Å². The third kappa shape index (κ3) is 5.25. The second kappa shape index (κ2) is 10.7. The molecule has 3 heterocycles. The van der Waals surface area contributed by atoms with E-state index in [-0.39, 0.29) is 43.1 Å². The molecular formula is C26H31N3O7. The van der Waals surface area contributed by atoms with Crippen molar-refractivity contribution in [2.45, 2.75) is 37.1 Å². The third-order valence-electron chi connectivity index (χ3n) is 6.87. The third-order valence-corrected chi connectivity index (χ3v) is 6.87. The van der Waals surface area contributed by atoms with Crippen molar-refractivity contribution in [2.75, 3.05) is 50.7 Å². The molecule has 0 unspecified atom stereocenters. The molecule has 0 radical (unpaired) electrons. The number of hydrogen-bond donors (Lipinski definition) is 3. The van der Waals surface area contributed by atoms with Crippen LogP contribution in [0.3, 0.4) is 0 Å². The number of carbonyl (C=O) groups is 2. The van der Waals surface area contributed by atoms with Crippen LogP contribution in [0.2, 0.25) is 0 Å². The standard InChI is InChI=1S/C26H31N3O7/c1-33-18-5-2-16(3-6-18)27-26(32)28-17-4-7-22-20(12-17)21-13-19(35-23(15-30)25(21)36-22)14-24(31)29-8-10-34-11-9-29/h2-7,12,19,21,23,25,30H,8-11,13-15H2,1H3,(H2,27,28,32)/t19-,21-,23+,25+/m1/s1. The SMILES string of the molecule is COc1ccc(NC(=O)Nc2ccc3c(c2)[C@H]2C[C@H](CC(=O)N4CCOCC4)O[C@@H](CO)[C@H]2O3)cc1. The van der Waals surface area contributed by atoms with Crippen LogP contribution in [0.1, 0.15) is 24.3 Å². The van der Waals surface area contributed by atoms with Gasteiger partial charge in [-0.2, -0.15) is 0 Å². The van der Waals surface area contributed by atoms with Crippen LogP contribution in [0.5, 0.6) is 11.5 Å². The van der Waals surface area contributed by atoms with Crippen molar-refractivity contribution in [2.24, 2.45) is 0 Å². The number of aliphatic hydroxyl groups excluding tert-OH is 1. The Kier molecular flexibility index (Phi) is 7.26. The van der Waals surface area contributed by atoms with Crippen LogP contribution < -0.4 is 20.1 Å². The summed E-state index contributed by atoms with van der Waals surface area (Å²) in [5.41, 5.74) is 2.20. The molecule has 2 aromatic carbocycles. The molecule has 36 heavy (non-hydrogen) atoms. The lowest BCUT2D eigenvalue weighted by molar-refractivity contribution is -0.151. The van der Waals surface area contributed by atoms with E-state index in [0.717, 1.165) is 5.56 Å². The smallest absolute Gasteiger partial charge is 0.323 e. The summed E-state index contributed by atoms with van der Waals surface area (Å²) in [5, 5.41) is 15.6. The Balaban J connectivity index is 1.26. The number of aliphatic hydroxyl groups is 1. The van der Waals surface area contributed by atoms with Crippen LogP contribution in [-0.2, 0) is 14.3 Å². The van der Waals surface area contributed by atoms with Gasteiger partial charge in [-0.25, -0.2) is 4.79 Å². The Labute approximate surface area is 209 Å². The topological polar surface area (TPSA) is 119 Å². The number of benzene rings is 2. The molecule has 0 bridgehead atoms. The maximum absolute atomic E-state index is 12.8. The van der Waals surface area contributed by atoms with E-state index in [1.165, 1.54) is 0 Å². The largest absolute Gasteiger partial charge is 0.497 e. The molecule has 2 fully saturated rings. The number of fused-ring (bicyclic) bond motifs is 3. The lowest BCUT2D eigenvalue weighted by atomic mass is 9.84. The summed E-state index contributed by atoms with van der Waals surface area (Å²) >= 11 is 0. The first kappa shape index (κ1) is 24.4. The minimum Gasteiger partial charge on any atom is -0.497 e. The van der Waals surface area contributed by atoms with Crippen molar-refractivity contribution >= 4 is 23.3 Å². The molecule has 3 aliphatic rings. The quantitative estimate of drug-likeness (QED) is 0.561. The number of morpholine rings is 1. The number of methoxy groups -OCH3 is 1. The summed E-state index contributed by atoms with van der Waals surface area (Å²) in [5.74, 6) is 1.38. The highest BCUT2D eigenvalue weighted by Crippen LogP contribution is 2.47. The van der Waals surface area contributed by atoms with E-state index in [2.05, 4.69) is 10.6 Å². The summed E-state index contributed by atoms with van der Waals surface area (Å²) in [7, 11) is 1.59. The molecule has 2 saturated heterocycles. The van der Waals surface area contributed by atoms with Gasteiger partial charge < -0.3 is 39.6 Å². The number of hydrogen-bond acceptors (Lipinski definition) is 7. The second-order valence-corrected chi connectivity index (χ2v) is 9.16. The number of nitrogens with zero attached hydrogens (tertiary/aromatic N) is 1. The summed E-state index contributed by atoms with van der Waals surface area (Å²) in [6.07, 6.45) is -0.372. The van der Waals surface area contributed by atoms with E-state index in [9.17, 15) is 14.7 Å². The van der Waals surface area contributed by atoms with Crippen LogP contribution >= 0.6 is 0 Å². The van der Waals surface area contributed by atoms with E-state index in [1.54, 1.807) is 42.3 Å². The highest BCUT2D eigenvalue weighted by Gasteiger charge is 2.46. The van der Waals surface area contributed by atoms with Gasteiger partial charge in [-0.05, 0) is 48.9 Å². The number of nitrogens with one attached hydrogen (secondary N) is 2. The van der Waals surface area contributed by atoms with E-state index >= 15 is 0 Å². The van der Waals surface area contributed by atoms with Gasteiger partial charge in [0.2, 0.25) is 5.91 Å². The average Bonchev–Trinajstić information content (AvgIpc) is 3.27. The maximum Gasteiger partial charge on any atom is 0.323 e. The molecule has 5 rings (SSSR count). The van der Waals surface area contributed by atoms with E-state index < -0.39 is 6.10 Å². The number of amides is 3. The van der Waals surface area contributed by atoms with Crippen molar-refractivity contribution in [1.82, 2.24) is 4.90 Å². The van der Waals surface area contributed by atoms with Crippen LogP contribution in [-0.4, -0.2) is 80.3 Å². The molecular weight excluding hydrogens is 466 g/mol. The van der Waals surface area contributed by atoms with Crippen molar-refractivity contribution in [1.29, 1.82) is 0 Å². The lowest BCUT2D eigenvalue weighted by Crippen LogP contribution is -2.48. The molecule has 3 N–H and O–H groups in total. The van der Waals surface area contributed by atoms with Crippen LogP contribution in [0.15, 0.2) is 42.5 Å². The normalized spacial score (nSPS) is 24.8. The Bertz CT molecular complexity index is 1090. The monoisotopic (exact) mass is 497 g/mol. The summed E-state index contributed by atoms with van der Waals surface area (Å²) in [6, 6.07) is 12.2. The molecule has 2 aromatic rings. The zero-order valence-corrected chi connectivity index (χ0v) is 20.1. The summed E-state index contributed by atoms with van der Waals surface area (Å²) in [4.78, 5) is 27.1. The molecule has 3 amide bonds. The zero-order chi connectivity index (χ0) is 25.1. The highest BCUT2D eigenvalue weighted by molar-refractivity contribution is 5.99. The van der Waals surface area contributed by atoms with Gasteiger partial charge in [0.05, 0.1) is 39.5 Å². The fourth-order valence-electron chi connectivity index (χ4n) is 5.07. The minimum atomic E-state index is -0.534. The zero-order valence-electron chi connectivity index (χ0n) is 20.1. The molecule has 0 aromatic heterocycles. The van der Waals surface area contributed by atoms with Crippen LogP contribution in [0.25, 0.3) is 0 Å². The van der Waals surface area contributed by atoms with E-state index in [1.807, 2.05) is 12.1 Å². The molecule has 4 atom stereocenters. The lowest BCUT2D eigenvalue weighted by Gasteiger charge is -2.38. The van der Waals surface area contributed by atoms with E-state index in [0.29, 0.717) is 55.6 Å². The average molecular weight is 498 g/mol. The fourth-order valence-corrected chi connectivity index (χ4v) is 5.07. The Hall–Kier alpha value is -3.34. The summed E-state index contributed by atoms with van der Waals surface area (Å²) in [6.45, 7) is 2.06. The maximum atomic E-state index is 12.8. The van der Waals surface area contributed by atoms with Gasteiger partial charge in [0.15, 0.2) is 0 Å². The molecule has 10 nitrogen and oxygen atoms in total. The van der Waals surface area contributed by atoms with Crippen LogP contribution in [0.4, 0.5) is 16.2 Å².